The summed E-state index contributed by atoms with van der Waals surface area (Å²) in [5.74, 6) is -0.125. The van der Waals surface area contributed by atoms with Crippen molar-refractivity contribution in [1.82, 2.24) is 10.2 Å². The Morgan fingerprint density at radius 2 is 1.66 bits per heavy atom. The van der Waals surface area contributed by atoms with Gasteiger partial charge < -0.3 is 15.0 Å². The SMILES string of the molecule is COc1cccc(CN(C(=O)CN(c2ccccc2C(C)C)S(C)(=O)=O)[C@@H](C)C(=O)NC(C)C)c1. The van der Waals surface area contributed by atoms with E-state index in [2.05, 4.69) is 5.32 Å². The largest absolute Gasteiger partial charge is 0.497 e. The predicted octanol–water partition coefficient (Wildman–Crippen LogP) is 3.53. The van der Waals surface area contributed by atoms with Gasteiger partial charge in [-0.2, -0.15) is 0 Å². The Morgan fingerprint density at radius 3 is 2.23 bits per heavy atom. The van der Waals surface area contributed by atoms with Crippen LogP contribution in [-0.2, 0) is 26.2 Å². The maximum Gasteiger partial charge on any atom is 0.244 e. The van der Waals surface area contributed by atoms with Crippen LogP contribution in [0.5, 0.6) is 5.75 Å². The van der Waals surface area contributed by atoms with Crippen molar-refractivity contribution >= 4 is 27.5 Å². The predicted molar refractivity (Wildman–Crippen MR) is 139 cm³/mol. The van der Waals surface area contributed by atoms with E-state index >= 15 is 0 Å². The number of carbonyl (C=O) groups excluding carboxylic acids is 2. The van der Waals surface area contributed by atoms with Crippen molar-refractivity contribution in [3.05, 3.63) is 59.7 Å². The second kappa shape index (κ2) is 12.1. The van der Waals surface area contributed by atoms with Crippen molar-refractivity contribution in [2.75, 3.05) is 24.2 Å². The Labute approximate surface area is 209 Å². The van der Waals surface area contributed by atoms with Crippen LogP contribution in [-0.4, -0.2) is 57.1 Å². The molecule has 0 saturated heterocycles. The first-order valence-corrected chi connectivity index (χ1v) is 13.5. The maximum absolute atomic E-state index is 13.7. The zero-order valence-corrected chi connectivity index (χ0v) is 22.4. The Kier molecular flexibility index (Phi) is 9.71. The fourth-order valence-electron chi connectivity index (χ4n) is 3.75. The lowest BCUT2D eigenvalue weighted by Gasteiger charge is -2.32. The molecular formula is C26H37N3O5S. The molecule has 0 spiro atoms. The normalized spacial score (nSPS) is 12.4. The first-order valence-electron chi connectivity index (χ1n) is 11.6. The van der Waals surface area contributed by atoms with Gasteiger partial charge in [0.2, 0.25) is 21.8 Å². The highest BCUT2D eigenvalue weighted by Gasteiger charge is 2.31. The van der Waals surface area contributed by atoms with Gasteiger partial charge in [0.1, 0.15) is 18.3 Å². The minimum atomic E-state index is -3.79. The van der Waals surface area contributed by atoms with Crippen LogP contribution in [0.15, 0.2) is 48.5 Å². The number of nitrogens with one attached hydrogen (secondary N) is 1. The third-order valence-corrected chi connectivity index (χ3v) is 6.72. The number of rotatable bonds is 11. The van der Waals surface area contributed by atoms with Crippen molar-refractivity contribution in [2.24, 2.45) is 0 Å². The number of hydrogen-bond acceptors (Lipinski definition) is 5. The summed E-state index contributed by atoms with van der Waals surface area (Å²) in [6.07, 6.45) is 1.08. The first kappa shape index (κ1) is 28.2. The summed E-state index contributed by atoms with van der Waals surface area (Å²) in [6.45, 7) is 8.95. The highest BCUT2D eigenvalue weighted by atomic mass is 32.2. The molecule has 9 heteroatoms. The monoisotopic (exact) mass is 503 g/mol. The number of hydrogen-bond donors (Lipinski definition) is 1. The third-order valence-electron chi connectivity index (χ3n) is 5.59. The number of anilines is 1. The van der Waals surface area contributed by atoms with Gasteiger partial charge in [0.15, 0.2) is 0 Å². The minimum absolute atomic E-state index is 0.0502. The van der Waals surface area contributed by atoms with Crippen LogP contribution in [0.3, 0.4) is 0 Å². The molecule has 0 saturated carbocycles. The van der Waals surface area contributed by atoms with Crippen molar-refractivity contribution < 1.29 is 22.7 Å². The molecule has 0 unspecified atom stereocenters. The molecule has 0 aliphatic heterocycles. The van der Waals surface area contributed by atoms with Crippen molar-refractivity contribution in [2.45, 2.75) is 59.2 Å². The Balaban J connectivity index is 2.47. The van der Waals surface area contributed by atoms with Crippen molar-refractivity contribution in [1.29, 1.82) is 0 Å². The van der Waals surface area contributed by atoms with E-state index < -0.39 is 28.5 Å². The summed E-state index contributed by atoms with van der Waals surface area (Å²) in [7, 11) is -2.23. The van der Waals surface area contributed by atoms with Crippen LogP contribution in [0.4, 0.5) is 5.69 Å². The number of carbonyl (C=O) groups is 2. The molecule has 2 amide bonds. The van der Waals surface area contributed by atoms with Gasteiger partial charge in [-0.15, -0.1) is 0 Å². The molecule has 2 aromatic rings. The van der Waals surface area contributed by atoms with Crippen molar-refractivity contribution in [3.8, 4) is 5.75 Å². The number of nitrogens with zero attached hydrogens (tertiary/aromatic N) is 2. The molecule has 0 fully saturated rings. The quantitative estimate of drug-likeness (QED) is 0.506. The Bertz CT molecular complexity index is 1130. The zero-order valence-electron chi connectivity index (χ0n) is 21.6. The van der Waals surface area contributed by atoms with Crippen LogP contribution < -0.4 is 14.4 Å². The molecule has 0 aromatic heterocycles. The van der Waals surface area contributed by atoms with Crippen molar-refractivity contribution in [3.63, 3.8) is 0 Å². The number of sulfonamides is 1. The molecule has 0 aliphatic carbocycles. The minimum Gasteiger partial charge on any atom is -0.497 e. The lowest BCUT2D eigenvalue weighted by Crippen LogP contribution is -2.52. The van der Waals surface area contributed by atoms with Gasteiger partial charge in [0.25, 0.3) is 0 Å². The number of benzene rings is 2. The lowest BCUT2D eigenvalue weighted by molar-refractivity contribution is -0.139. The lowest BCUT2D eigenvalue weighted by atomic mass is 10.0. The fraction of sp³-hybridized carbons (Fsp3) is 0.462. The molecule has 35 heavy (non-hydrogen) atoms. The van der Waals surface area contributed by atoms with Crippen LogP contribution >= 0.6 is 0 Å². The Hall–Kier alpha value is -3.07. The van der Waals surface area contributed by atoms with Gasteiger partial charge in [0.05, 0.1) is 19.1 Å². The van der Waals surface area contributed by atoms with Crippen LogP contribution in [0.2, 0.25) is 0 Å². The molecule has 192 valence electrons. The summed E-state index contributed by atoms with van der Waals surface area (Å²) in [5, 5.41) is 2.84. The second-order valence-electron chi connectivity index (χ2n) is 9.20. The molecule has 2 aromatic carbocycles. The van der Waals surface area contributed by atoms with Gasteiger partial charge in [-0.25, -0.2) is 8.42 Å². The summed E-state index contributed by atoms with van der Waals surface area (Å²) in [5.41, 5.74) is 2.03. The van der Waals surface area contributed by atoms with E-state index in [9.17, 15) is 18.0 Å². The topological polar surface area (TPSA) is 96.0 Å². The second-order valence-corrected chi connectivity index (χ2v) is 11.1. The molecule has 1 N–H and O–H groups in total. The Morgan fingerprint density at radius 1 is 1.00 bits per heavy atom. The number of ether oxygens (including phenoxy) is 1. The average molecular weight is 504 g/mol. The molecule has 8 nitrogen and oxygen atoms in total. The molecular weight excluding hydrogens is 466 g/mol. The van der Waals surface area contributed by atoms with Gasteiger partial charge in [-0.3, -0.25) is 13.9 Å². The van der Waals surface area contributed by atoms with E-state index in [4.69, 9.17) is 4.74 Å². The molecule has 0 heterocycles. The highest BCUT2D eigenvalue weighted by Crippen LogP contribution is 2.29. The molecule has 0 radical (unpaired) electrons. The molecule has 2 rings (SSSR count). The smallest absolute Gasteiger partial charge is 0.244 e. The van der Waals surface area contributed by atoms with E-state index in [1.165, 1.54) is 4.90 Å². The summed E-state index contributed by atoms with van der Waals surface area (Å²) < 4.78 is 32.0. The van der Waals surface area contributed by atoms with Gasteiger partial charge in [-0.05, 0) is 56.0 Å². The highest BCUT2D eigenvalue weighted by molar-refractivity contribution is 7.92. The molecule has 0 aliphatic rings. The third kappa shape index (κ3) is 7.71. The fourth-order valence-corrected chi connectivity index (χ4v) is 4.62. The summed E-state index contributed by atoms with van der Waals surface area (Å²) in [4.78, 5) is 27.9. The summed E-state index contributed by atoms with van der Waals surface area (Å²) >= 11 is 0. The van der Waals surface area contributed by atoms with Crippen LogP contribution in [0.25, 0.3) is 0 Å². The van der Waals surface area contributed by atoms with Crippen LogP contribution in [0.1, 0.15) is 51.7 Å². The van der Waals surface area contributed by atoms with Gasteiger partial charge in [-0.1, -0.05) is 44.2 Å². The van der Waals surface area contributed by atoms with Gasteiger partial charge in [0, 0.05) is 12.6 Å². The standard InChI is InChI=1S/C26H37N3O5S/c1-18(2)23-13-8-9-14-24(23)29(35(7,32)33)17-25(30)28(20(5)26(31)27-19(3)4)16-21-11-10-12-22(15-21)34-6/h8-15,18-20H,16-17H2,1-7H3,(H,27,31)/t20-/m0/s1. The van der Waals surface area contributed by atoms with E-state index in [1.54, 1.807) is 44.4 Å². The zero-order chi connectivity index (χ0) is 26.3. The number of para-hydroxylation sites is 1. The maximum atomic E-state index is 13.7. The van der Waals surface area contributed by atoms with Crippen LogP contribution in [0, 0.1) is 0 Å². The van der Waals surface area contributed by atoms with E-state index in [0.717, 1.165) is 21.7 Å². The summed E-state index contributed by atoms with van der Waals surface area (Å²) in [6, 6.07) is 13.4. The number of amides is 2. The average Bonchev–Trinajstić information content (AvgIpc) is 2.79. The first-order chi connectivity index (χ1) is 16.3. The van der Waals surface area contributed by atoms with Gasteiger partial charge >= 0.3 is 0 Å². The molecule has 1 atom stereocenters. The molecule has 0 bridgehead atoms. The van der Waals surface area contributed by atoms with E-state index in [-0.39, 0.29) is 24.4 Å². The number of methoxy groups -OCH3 is 1. The van der Waals surface area contributed by atoms with E-state index in [1.807, 2.05) is 45.9 Å². The van der Waals surface area contributed by atoms with E-state index in [0.29, 0.717) is 11.4 Å².